The van der Waals surface area contributed by atoms with Gasteiger partial charge in [-0.2, -0.15) is 12.6 Å². The van der Waals surface area contributed by atoms with Crippen LogP contribution in [0.2, 0.25) is 0 Å². The summed E-state index contributed by atoms with van der Waals surface area (Å²) in [7, 11) is 4.29. The lowest BCUT2D eigenvalue weighted by Crippen LogP contribution is -2.43. The maximum atomic E-state index is 5.50. The highest BCUT2D eigenvalue weighted by molar-refractivity contribution is 7.80. The molecule has 0 bridgehead atoms. The van der Waals surface area contributed by atoms with E-state index in [1.807, 2.05) is 0 Å². The van der Waals surface area contributed by atoms with E-state index in [2.05, 4.69) is 43.4 Å². The molecule has 1 rings (SSSR count). The molecule has 0 aromatic heterocycles. The first-order valence-electron chi connectivity index (χ1n) is 7.17. The van der Waals surface area contributed by atoms with Crippen molar-refractivity contribution >= 4 is 12.6 Å². The topological polar surface area (TPSA) is 15.7 Å². The highest BCUT2D eigenvalue weighted by Crippen LogP contribution is 2.32. The Hall–Kier alpha value is 0.230. The molecule has 1 fully saturated rings. The van der Waals surface area contributed by atoms with Gasteiger partial charge in [-0.15, -0.1) is 0 Å². The van der Waals surface area contributed by atoms with Crippen LogP contribution in [0.25, 0.3) is 0 Å². The van der Waals surface area contributed by atoms with Crippen LogP contribution >= 0.6 is 12.6 Å². The lowest BCUT2D eigenvalue weighted by Gasteiger charge is -2.40. The van der Waals surface area contributed by atoms with E-state index >= 15 is 0 Å². The minimum absolute atomic E-state index is 0.384. The zero-order chi connectivity index (χ0) is 13.4. The Balaban J connectivity index is 2.39. The van der Waals surface area contributed by atoms with E-state index in [1.165, 1.54) is 38.9 Å². The molecule has 108 valence electrons. The van der Waals surface area contributed by atoms with Crippen molar-refractivity contribution in [3.63, 3.8) is 0 Å². The van der Waals surface area contributed by atoms with Gasteiger partial charge in [0.2, 0.25) is 0 Å². The standard InChI is InChI=1S/C14H30N2OS/c1-4-16(9-5-8-15(2)3)12-14(13-18)6-10-17-11-7-14/h18H,4-13H2,1-3H3. The summed E-state index contributed by atoms with van der Waals surface area (Å²) < 4.78 is 5.50. The third-order valence-corrected chi connectivity index (χ3v) is 4.65. The summed E-state index contributed by atoms with van der Waals surface area (Å²) in [5.74, 6) is 0.987. The molecule has 0 unspecified atom stereocenters. The third kappa shape index (κ3) is 5.47. The quantitative estimate of drug-likeness (QED) is 0.682. The summed E-state index contributed by atoms with van der Waals surface area (Å²) in [6.07, 6.45) is 3.58. The Morgan fingerprint density at radius 2 is 1.83 bits per heavy atom. The summed E-state index contributed by atoms with van der Waals surface area (Å²) >= 11 is 4.60. The van der Waals surface area contributed by atoms with Crippen LogP contribution < -0.4 is 0 Å². The Labute approximate surface area is 118 Å². The fourth-order valence-electron chi connectivity index (χ4n) is 2.60. The SMILES string of the molecule is CCN(CCCN(C)C)CC1(CS)CCOCC1. The summed E-state index contributed by atoms with van der Waals surface area (Å²) in [6.45, 7) is 8.79. The number of ether oxygens (including phenoxy) is 1. The highest BCUT2D eigenvalue weighted by Gasteiger charge is 2.32. The lowest BCUT2D eigenvalue weighted by molar-refractivity contribution is 0.00813. The van der Waals surface area contributed by atoms with Gasteiger partial charge in [-0.1, -0.05) is 6.92 Å². The maximum absolute atomic E-state index is 5.50. The maximum Gasteiger partial charge on any atom is 0.0472 e. The van der Waals surface area contributed by atoms with E-state index in [9.17, 15) is 0 Å². The van der Waals surface area contributed by atoms with E-state index in [0.29, 0.717) is 5.41 Å². The summed E-state index contributed by atoms with van der Waals surface area (Å²) in [5, 5.41) is 0. The Kier molecular flexibility index (Phi) is 7.61. The third-order valence-electron chi connectivity index (χ3n) is 3.97. The van der Waals surface area contributed by atoms with Gasteiger partial charge in [0.15, 0.2) is 0 Å². The minimum atomic E-state index is 0.384. The molecule has 0 radical (unpaired) electrons. The molecule has 18 heavy (non-hydrogen) atoms. The first kappa shape index (κ1) is 16.3. The van der Waals surface area contributed by atoms with Crippen LogP contribution in [0, 0.1) is 5.41 Å². The summed E-state index contributed by atoms with van der Waals surface area (Å²) in [5.41, 5.74) is 0.384. The molecule has 1 aliphatic heterocycles. The molecule has 0 amide bonds. The fraction of sp³-hybridized carbons (Fsp3) is 1.00. The molecular weight excluding hydrogens is 244 g/mol. The Morgan fingerprint density at radius 3 is 2.33 bits per heavy atom. The van der Waals surface area contributed by atoms with E-state index in [1.54, 1.807) is 0 Å². The normalized spacial score (nSPS) is 19.7. The van der Waals surface area contributed by atoms with Crippen LogP contribution in [0.1, 0.15) is 26.2 Å². The number of thiol groups is 1. The number of nitrogens with zero attached hydrogens (tertiary/aromatic N) is 2. The minimum Gasteiger partial charge on any atom is -0.381 e. The molecule has 0 aromatic rings. The predicted molar refractivity (Wildman–Crippen MR) is 81.6 cm³/mol. The number of hydrogen-bond acceptors (Lipinski definition) is 4. The smallest absolute Gasteiger partial charge is 0.0472 e. The summed E-state index contributed by atoms with van der Waals surface area (Å²) in [4.78, 5) is 4.85. The molecule has 1 heterocycles. The Morgan fingerprint density at radius 1 is 1.17 bits per heavy atom. The van der Waals surface area contributed by atoms with Crippen molar-refractivity contribution in [2.45, 2.75) is 26.2 Å². The second kappa shape index (κ2) is 8.41. The van der Waals surface area contributed by atoms with Crippen LogP contribution in [-0.2, 0) is 4.74 Å². The molecule has 4 heteroatoms. The van der Waals surface area contributed by atoms with Crippen molar-refractivity contribution in [3.8, 4) is 0 Å². The number of hydrogen-bond donors (Lipinski definition) is 1. The van der Waals surface area contributed by atoms with E-state index in [0.717, 1.165) is 25.5 Å². The predicted octanol–water partition coefficient (Wildman–Crippen LogP) is 1.99. The van der Waals surface area contributed by atoms with Crippen LogP contribution in [0.3, 0.4) is 0 Å². The van der Waals surface area contributed by atoms with Crippen molar-refractivity contribution in [2.75, 3.05) is 59.2 Å². The monoisotopic (exact) mass is 274 g/mol. The average Bonchev–Trinajstić information content (AvgIpc) is 2.38. The van der Waals surface area contributed by atoms with Gasteiger partial charge >= 0.3 is 0 Å². The number of rotatable bonds is 8. The molecule has 0 aliphatic carbocycles. The van der Waals surface area contributed by atoms with E-state index in [-0.39, 0.29) is 0 Å². The molecule has 0 atom stereocenters. The van der Waals surface area contributed by atoms with Crippen molar-refractivity contribution in [3.05, 3.63) is 0 Å². The molecular formula is C14H30N2OS. The zero-order valence-electron chi connectivity index (χ0n) is 12.3. The van der Waals surface area contributed by atoms with Gasteiger partial charge in [-0.25, -0.2) is 0 Å². The van der Waals surface area contributed by atoms with Crippen LogP contribution in [-0.4, -0.2) is 69.0 Å². The molecule has 1 aliphatic rings. The van der Waals surface area contributed by atoms with Crippen molar-refractivity contribution < 1.29 is 4.74 Å². The van der Waals surface area contributed by atoms with Crippen LogP contribution in [0.15, 0.2) is 0 Å². The van der Waals surface area contributed by atoms with Gasteiger partial charge in [-0.3, -0.25) is 0 Å². The summed E-state index contributed by atoms with van der Waals surface area (Å²) in [6, 6.07) is 0. The molecule has 3 nitrogen and oxygen atoms in total. The van der Waals surface area contributed by atoms with Crippen LogP contribution in [0.4, 0.5) is 0 Å². The van der Waals surface area contributed by atoms with Crippen molar-refractivity contribution in [1.29, 1.82) is 0 Å². The lowest BCUT2D eigenvalue weighted by atomic mass is 9.81. The van der Waals surface area contributed by atoms with Gasteiger partial charge in [0, 0.05) is 19.8 Å². The average molecular weight is 274 g/mol. The van der Waals surface area contributed by atoms with Gasteiger partial charge in [0.25, 0.3) is 0 Å². The van der Waals surface area contributed by atoms with Gasteiger partial charge in [-0.05, 0) is 64.2 Å². The van der Waals surface area contributed by atoms with Crippen molar-refractivity contribution in [2.24, 2.45) is 5.41 Å². The fourth-order valence-corrected chi connectivity index (χ4v) is 3.02. The molecule has 0 spiro atoms. The largest absolute Gasteiger partial charge is 0.381 e. The first-order chi connectivity index (χ1) is 8.62. The van der Waals surface area contributed by atoms with Crippen LogP contribution in [0.5, 0.6) is 0 Å². The zero-order valence-corrected chi connectivity index (χ0v) is 13.2. The highest BCUT2D eigenvalue weighted by atomic mass is 32.1. The Bertz CT molecular complexity index is 218. The van der Waals surface area contributed by atoms with E-state index < -0.39 is 0 Å². The van der Waals surface area contributed by atoms with Gasteiger partial charge < -0.3 is 14.5 Å². The van der Waals surface area contributed by atoms with E-state index in [4.69, 9.17) is 4.74 Å². The van der Waals surface area contributed by atoms with Gasteiger partial charge in [0.05, 0.1) is 0 Å². The molecule has 0 aromatic carbocycles. The second-order valence-corrected chi connectivity index (χ2v) is 6.11. The van der Waals surface area contributed by atoms with Gasteiger partial charge in [0.1, 0.15) is 0 Å². The molecule has 0 saturated carbocycles. The molecule has 0 N–H and O–H groups in total. The molecule has 1 saturated heterocycles. The first-order valence-corrected chi connectivity index (χ1v) is 7.81. The second-order valence-electron chi connectivity index (χ2n) is 5.80. The van der Waals surface area contributed by atoms with Crippen molar-refractivity contribution in [1.82, 2.24) is 9.80 Å².